The molecule has 3 nitrogen and oxygen atoms in total. The summed E-state index contributed by atoms with van der Waals surface area (Å²) >= 11 is 0. The number of carbonyl (C=O) groups is 1. The van der Waals surface area contributed by atoms with Gasteiger partial charge in [0.25, 0.3) is 0 Å². The van der Waals surface area contributed by atoms with E-state index in [0.29, 0.717) is 31.6 Å². The van der Waals surface area contributed by atoms with Crippen molar-refractivity contribution in [2.45, 2.75) is 12.2 Å². The maximum absolute atomic E-state index is 12.6. The molecule has 0 saturated carbocycles. The minimum atomic E-state index is -4.36. The Morgan fingerprint density at radius 1 is 1.39 bits per heavy atom. The van der Waals surface area contributed by atoms with E-state index in [1.165, 1.54) is 11.0 Å². The summed E-state index contributed by atoms with van der Waals surface area (Å²) in [5.74, 6) is 0. The van der Waals surface area contributed by atoms with Crippen molar-refractivity contribution < 1.29 is 18.0 Å². The van der Waals surface area contributed by atoms with E-state index in [4.69, 9.17) is 0 Å². The predicted molar refractivity (Wildman–Crippen MR) is 59.8 cm³/mol. The third-order valence-electron chi connectivity index (χ3n) is 3.02. The van der Waals surface area contributed by atoms with E-state index in [1.54, 1.807) is 6.07 Å². The van der Waals surface area contributed by atoms with Gasteiger partial charge in [-0.15, -0.1) is 0 Å². The van der Waals surface area contributed by atoms with Gasteiger partial charge in [0.1, 0.15) is 0 Å². The molecule has 1 aromatic carbocycles. The first-order chi connectivity index (χ1) is 8.52. The maximum atomic E-state index is 12.6. The van der Waals surface area contributed by atoms with Gasteiger partial charge in [-0.3, -0.25) is 4.79 Å². The van der Waals surface area contributed by atoms with Crippen LogP contribution >= 0.6 is 0 Å². The molecule has 0 aliphatic carbocycles. The smallest absolute Gasteiger partial charge is 0.336 e. The van der Waals surface area contributed by atoms with Crippen molar-refractivity contribution >= 4 is 6.41 Å². The molecule has 98 valence electrons. The lowest BCUT2D eigenvalue weighted by Gasteiger charge is -2.33. The molecule has 1 fully saturated rings. The molecule has 0 radical (unpaired) electrons. The summed E-state index contributed by atoms with van der Waals surface area (Å²) in [5, 5.41) is 3.07. The van der Waals surface area contributed by atoms with Crippen LogP contribution in [0.5, 0.6) is 0 Å². The Balaban J connectivity index is 2.29. The van der Waals surface area contributed by atoms with Crippen molar-refractivity contribution in [1.29, 1.82) is 0 Å². The normalized spacial score (nSPS) is 20.8. The number of carbonyl (C=O) groups excluding carboxylic acids is 1. The lowest BCUT2D eigenvalue weighted by Crippen LogP contribution is -2.45. The summed E-state index contributed by atoms with van der Waals surface area (Å²) in [6.45, 7) is 1.64. The van der Waals surface area contributed by atoms with Gasteiger partial charge in [0, 0.05) is 19.6 Å². The fraction of sp³-hybridized carbons (Fsp3) is 0.417. The van der Waals surface area contributed by atoms with E-state index in [9.17, 15) is 18.0 Å². The molecule has 1 N–H and O–H groups in total. The molecule has 2 rings (SSSR count). The Bertz CT molecular complexity index is 434. The first-order valence-electron chi connectivity index (χ1n) is 5.61. The molecule has 0 bridgehead atoms. The molecule has 1 heterocycles. The summed E-state index contributed by atoms with van der Waals surface area (Å²) in [6, 6.07) is 4.79. The van der Waals surface area contributed by atoms with Crippen LogP contribution in [-0.2, 0) is 11.0 Å². The molecule has 1 atom stereocenters. The summed E-state index contributed by atoms with van der Waals surface area (Å²) in [6.07, 6.45) is -3.67. The summed E-state index contributed by atoms with van der Waals surface area (Å²) < 4.78 is 37.8. The Labute approximate surface area is 103 Å². The average Bonchev–Trinajstić information content (AvgIpc) is 2.38. The second-order valence-corrected chi connectivity index (χ2v) is 4.19. The van der Waals surface area contributed by atoms with E-state index in [2.05, 4.69) is 5.32 Å². The topological polar surface area (TPSA) is 32.3 Å². The SMILES string of the molecule is O=CN1CCNCC1c1cccc(C(F)(F)F)c1. The van der Waals surface area contributed by atoms with E-state index >= 15 is 0 Å². The molecular formula is C12H13F3N2O. The number of nitrogens with one attached hydrogen (secondary N) is 1. The van der Waals surface area contributed by atoms with Crippen LogP contribution in [0.15, 0.2) is 24.3 Å². The zero-order valence-electron chi connectivity index (χ0n) is 9.57. The number of hydrogen-bond acceptors (Lipinski definition) is 2. The largest absolute Gasteiger partial charge is 0.416 e. The molecule has 1 amide bonds. The molecular weight excluding hydrogens is 245 g/mol. The highest BCUT2D eigenvalue weighted by Crippen LogP contribution is 2.31. The molecule has 6 heteroatoms. The highest BCUT2D eigenvalue weighted by atomic mass is 19.4. The van der Waals surface area contributed by atoms with Crippen molar-refractivity contribution in [2.24, 2.45) is 0 Å². The second-order valence-electron chi connectivity index (χ2n) is 4.19. The van der Waals surface area contributed by atoms with Crippen molar-refractivity contribution in [3.05, 3.63) is 35.4 Å². The van der Waals surface area contributed by atoms with Crippen molar-refractivity contribution in [1.82, 2.24) is 10.2 Å². The van der Waals surface area contributed by atoms with Gasteiger partial charge in [-0.1, -0.05) is 12.1 Å². The van der Waals surface area contributed by atoms with Gasteiger partial charge in [0.15, 0.2) is 0 Å². The predicted octanol–water partition coefficient (Wildman–Crippen LogP) is 1.81. The van der Waals surface area contributed by atoms with Crippen LogP contribution in [0.3, 0.4) is 0 Å². The standard InChI is InChI=1S/C12H13F3N2O/c13-12(14,15)10-3-1-2-9(6-10)11-7-16-4-5-17(11)8-18/h1-3,6,8,11,16H,4-5,7H2. The van der Waals surface area contributed by atoms with Crippen LogP contribution < -0.4 is 5.32 Å². The molecule has 18 heavy (non-hydrogen) atoms. The van der Waals surface area contributed by atoms with Gasteiger partial charge in [-0.25, -0.2) is 0 Å². The van der Waals surface area contributed by atoms with Crippen molar-refractivity contribution in [3.8, 4) is 0 Å². The minimum Gasteiger partial charge on any atom is -0.336 e. The molecule has 0 spiro atoms. The molecule has 1 unspecified atom stereocenters. The highest BCUT2D eigenvalue weighted by Gasteiger charge is 2.32. The Hall–Kier alpha value is -1.56. The minimum absolute atomic E-state index is 0.335. The van der Waals surface area contributed by atoms with Gasteiger partial charge < -0.3 is 10.2 Å². The molecule has 1 saturated heterocycles. The zero-order valence-corrected chi connectivity index (χ0v) is 9.57. The Morgan fingerprint density at radius 2 is 2.17 bits per heavy atom. The van der Waals surface area contributed by atoms with Gasteiger partial charge >= 0.3 is 6.18 Å². The van der Waals surface area contributed by atoms with Crippen LogP contribution in [0.25, 0.3) is 0 Å². The van der Waals surface area contributed by atoms with E-state index in [1.807, 2.05) is 0 Å². The Morgan fingerprint density at radius 3 is 2.83 bits per heavy atom. The van der Waals surface area contributed by atoms with E-state index < -0.39 is 11.7 Å². The van der Waals surface area contributed by atoms with E-state index in [-0.39, 0.29) is 6.04 Å². The fourth-order valence-corrected chi connectivity index (χ4v) is 2.08. The third kappa shape index (κ3) is 2.64. The summed E-state index contributed by atoms with van der Waals surface area (Å²) in [5.41, 5.74) is -0.180. The van der Waals surface area contributed by atoms with Crippen LogP contribution in [0.1, 0.15) is 17.2 Å². The Kier molecular flexibility index (Phi) is 3.56. The number of halogens is 3. The lowest BCUT2D eigenvalue weighted by atomic mass is 10.0. The fourth-order valence-electron chi connectivity index (χ4n) is 2.08. The van der Waals surface area contributed by atoms with Gasteiger partial charge in [-0.2, -0.15) is 13.2 Å². The van der Waals surface area contributed by atoms with Crippen LogP contribution in [0.4, 0.5) is 13.2 Å². The third-order valence-corrected chi connectivity index (χ3v) is 3.02. The van der Waals surface area contributed by atoms with Gasteiger partial charge in [-0.05, 0) is 17.7 Å². The number of benzene rings is 1. The first kappa shape index (κ1) is 12.9. The number of piperazine rings is 1. The van der Waals surface area contributed by atoms with Crippen LogP contribution in [0.2, 0.25) is 0 Å². The van der Waals surface area contributed by atoms with Crippen molar-refractivity contribution in [3.63, 3.8) is 0 Å². The average molecular weight is 258 g/mol. The molecule has 1 aliphatic heterocycles. The van der Waals surface area contributed by atoms with Crippen molar-refractivity contribution in [2.75, 3.05) is 19.6 Å². The summed E-state index contributed by atoms with van der Waals surface area (Å²) in [7, 11) is 0. The number of nitrogens with zero attached hydrogens (tertiary/aromatic N) is 1. The number of amides is 1. The van der Waals surface area contributed by atoms with Gasteiger partial charge in [0.2, 0.25) is 6.41 Å². The quantitative estimate of drug-likeness (QED) is 0.820. The van der Waals surface area contributed by atoms with Gasteiger partial charge in [0.05, 0.1) is 11.6 Å². The maximum Gasteiger partial charge on any atom is 0.416 e. The number of rotatable bonds is 2. The van der Waals surface area contributed by atoms with Crippen LogP contribution in [-0.4, -0.2) is 30.9 Å². The molecule has 1 aromatic rings. The number of alkyl halides is 3. The highest BCUT2D eigenvalue weighted by molar-refractivity contribution is 5.49. The van der Waals surface area contributed by atoms with Crippen LogP contribution in [0, 0.1) is 0 Å². The lowest BCUT2D eigenvalue weighted by molar-refractivity contribution is -0.137. The zero-order chi connectivity index (χ0) is 13.2. The first-order valence-corrected chi connectivity index (χ1v) is 5.61. The summed E-state index contributed by atoms with van der Waals surface area (Å²) in [4.78, 5) is 12.4. The number of hydrogen-bond donors (Lipinski definition) is 1. The van der Waals surface area contributed by atoms with E-state index in [0.717, 1.165) is 12.1 Å². The second kappa shape index (κ2) is 4.97. The molecule has 1 aliphatic rings. The molecule has 0 aromatic heterocycles. The monoisotopic (exact) mass is 258 g/mol.